The van der Waals surface area contributed by atoms with Crippen molar-refractivity contribution in [3.8, 4) is 0 Å². The largest absolute Gasteiger partial charge is 0.329 e. The first-order valence-electron chi connectivity index (χ1n) is 3.08. The lowest BCUT2D eigenvalue weighted by atomic mass is 10.2. The molecular weight excluding hydrogens is 171 g/mol. The first kappa shape index (κ1) is 16.8. The molecule has 0 radical (unpaired) electrons. The number of nitrogens with zero attached hydrogens (tertiary/aromatic N) is 1. The molecule has 10 heavy (non-hydrogen) atoms. The van der Waals surface area contributed by atoms with Crippen molar-refractivity contribution in [3.05, 3.63) is 0 Å². The number of likely N-dealkylation sites (N-methyl/N-ethyl adjacent to an activating group) is 1. The molecule has 0 aliphatic heterocycles. The van der Waals surface area contributed by atoms with Crippen LogP contribution >= 0.6 is 24.8 Å². The van der Waals surface area contributed by atoms with Gasteiger partial charge in [0.15, 0.2) is 0 Å². The predicted molar refractivity (Wildman–Crippen MR) is 51.3 cm³/mol. The molecule has 0 saturated heterocycles. The minimum atomic E-state index is 0. The second kappa shape index (κ2) is 9.50. The van der Waals surface area contributed by atoms with E-state index in [1.165, 1.54) is 0 Å². The van der Waals surface area contributed by atoms with Gasteiger partial charge in [-0.05, 0) is 20.5 Å². The van der Waals surface area contributed by atoms with Crippen molar-refractivity contribution in [1.82, 2.24) is 4.90 Å². The van der Waals surface area contributed by atoms with Gasteiger partial charge in [0.25, 0.3) is 0 Å². The topological polar surface area (TPSA) is 29.3 Å². The van der Waals surface area contributed by atoms with Crippen LogP contribution in [0.4, 0.5) is 0 Å². The zero-order valence-electron chi connectivity index (χ0n) is 6.83. The summed E-state index contributed by atoms with van der Waals surface area (Å²) in [6.45, 7) is 2.92. The fourth-order valence-corrected chi connectivity index (χ4v) is 0.743. The third-order valence-electron chi connectivity index (χ3n) is 1.47. The molecule has 2 nitrogen and oxygen atoms in total. The second-order valence-corrected chi connectivity index (χ2v) is 2.26. The third kappa shape index (κ3) is 6.62. The van der Waals surface area contributed by atoms with Gasteiger partial charge in [0.05, 0.1) is 0 Å². The van der Waals surface area contributed by atoms with E-state index in [2.05, 4.69) is 25.9 Å². The van der Waals surface area contributed by atoms with Crippen molar-refractivity contribution in [1.29, 1.82) is 0 Å². The van der Waals surface area contributed by atoms with E-state index in [-0.39, 0.29) is 24.8 Å². The molecule has 0 aromatic rings. The van der Waals surface area contributed by atoms with E-state index in [0.29, 0.717) is 6.04 Å². The average Bonchev–Trinajstić information content (AvgIpc) is 1.69. The lowest BCUT2D eigenvalue weighted by molar-refractivity contribution is 0.292. The van der Waals surface area contributed by atoms with Gasteiger partial charge in [-0.25, -0.2) is 0 Å². The summed E-state index contributed by atoms with van der Waals surface area (Å²) in [6, 6.07) is 0.565. The number of hydrogen-bond acceptors (Lipinski definition) is 2. The smallest absolute Gasteiger partial charge is 0.0209 e. The van der Waals surface area contributed by atoms with E-state index in [0.717, 1.165) is 13.0 Å². The molecule has 0 aliphatic rings. The zero-order valence-corrected chi connectivity index (χ0v) is 8.47. The molecule has 0 heterocycles. The quantitative estimate of drug-likeness (QED) is 0.721. The highest BCUT2D eigenvalue weighted by atomic mass is 35.5. The zero-order chi connectivity index (χ0) is 6.57. The standard InChI is InChI=1S/C6H16N2.2ClH/c1-4-6(5-7)8(2)3;;/h6H,4-5,7H2,1-3H3;2*1H/t6-;;/m1../s1. The maximum Gasteiger partial charge on any atom is 0.0209 e. The summed E-state index contributed by atoms with van der Waals surface area (Å²) in [5, 5.41) is 0. The van der Waals surface area contributed by atoms with Gasteiger partial charge in [-0.3, -0.25) is 0 Å². The van der Waals surface area contributed by atoms with Gasteiger partial charge >= 0.3 is 0 Å². The van der Waals surface area contributed by atoms with Crippen molar-refractivity contribution >= 4 is 24.8 Å². The van der Waals surface area contributed by atoms with Gasteiger partial charge in [-0.1, -0.05) is 6.92 Å². The van der Waals surface area contributed by atoms with E-state index >= 15 is 0 Å². The summed E-state index contributed by atoms with van der Waals surface area (Å²) in [7, 11) is 4.11. The van der Waals surface area contributed by atoms with Crippen molar-refractivity contribution in [2.75, 3.05) is 20.6 Å². The molecule has 0 amide bonds. The number of halogens is 2. The highest BCUT2D eigenvalue weighted by Gasteiger charge is 2.03. The Balaban J connectivity index is -0.000000245. The summed E-state index contributed by atoms with van der Waals surface area (Å²) in [5.41, 5.74) is 5.44. The van der Waals surface area contributed by atoms with E-state index in [4.69, 9.17) is 5.73 Å². The third-order valence-corrected chi connectivity index (χ3v) is 1.47. The molecule has 4 heteroatoms. The van der Waals surface area contributed by atoms with Gasteiger partial charge in [-0.15, -0.1) is 24.8 Å². The monoisotopic (exact) mass is 188 g/mol. The van der Waals surface area contributed by atoms with E-state index < -0.39 is 0 Å². The van der Waals surface area contributed by atoms with E-state index in [1.54, 1.807) is 0 Å². The minimum Gasteiger partial charge on any atom is -0.329 e. The van der Waals surface area contributed by atoms with Crippen LogP contribution in [0.25, 0.3) is 0 Å². The molecule has 0 spiro atoms. The van der Waals surface area contributed by atoms with Crippen molar-refractivity contribution in [3.63, 3.8) is 0 Å². The summed E-state index contributed by atoms with van der Waals surface area (Å²) < 4.78 is 0. The van der Waals surface area contributed by atoms with Gasteiger partial charge in [0.1, 0.15) is 0 Å². The molecule has 0 saturated carbocycles. The minimum absolute atomic E-state index is 0. The summed E-state index contributed by atoms with van der Waals surface area (Å²) in [6.07, 6.45) is 1.14. The van der Waals surface area contributed by atoms with Gasteiger partial charge < -0.3 is 10.6 Å². The Bertz CT molecular complexity index is 55.7. The Labute approximate surface area is 76.0 Å². The normalized spacial score (nSPS) is 11.7. The van der Waals surface area contributed by atoms with Gasteiger partial charge in [0.2, 0.25) is 0 Å². The fraction of sp³-hybridized carbons (Fsp3) is 1.00. The Morgan fingerprint density at radius 3 is 1.70 bits per heavy atom. The van der Waals surface area contributed by atoms with E-state index in [9.17, 15) is 0 Å². The van der Waals surface area contributed by atoms with Crippen molar-refractivity contribution < 1.29 is 0 Å². The van der Waals surface area contributed by atoms with Crippen LogP contribution in [0.1, 0.15) is 13.3 Å². The summed E-state index contributed by atoms with van der Waals surface area (Å²) >= 11 is 0. The lowest BCUT2D eigenvalue weighted by Gasteiger charge is -2.20. The van der Waals surface area contributed by atoms with Gasteiger partial charge in [0, 0.05) is 12.6 Å². The molecule has 0 rings (SSSR count). The van der Waals surface area contributed by atoms with Crippen LogP contribution in [0.2, 0.25) is 0 Å². The summed E-state index contributed by atoms with van der Waals surface area (Å²) in [5.74, 6) is 0. The SMILES string of the molecule is CC[C@H](CN)N(C)C.Cl.Cl. The lowest BCUT2D eigenvalue weighted by Crippen LogP contribution is -2.34. The first-order chi connectivity index (χ1) is 3.72. The fourth-order valence-electron chi connectivity index (χ4n) is 0.743. The second-order valence-electron chi connectivity index (χ2n) is 2.26. The Morgan fingerprint density at radius 1 is 1.30 bits per heavy atom. The van der Waals surface area contributed by atoms with Gasteiger partial charge in [-0.2, -0.15) is 0 Å². The summed E-state index contributed by atoms with van der Waals surface area (Å²) in [4.78, 5) is 2.15. The van der Waals surface area contributed by atoms with Crippen LogP contribution in [-0.4, -0.2) is 31.6 Å². The molecule has 0 unspecified atom stereocenters. The Morgan fingerprint density at radius 2 is 1.70 bits per heavy atom. The Kier molecular flexibility index (Phi) is 16.0. The molecule has 2 N–H and O–H groups in total. The highest BCUT2D eigenvalue weighted by Crippen LogP contribution is 1.93. The van der Waals surface area contributed by atoms with Crippen LogP contribution < -0.4 is 5.73 Å². The van der Waals surface area contributed by atoms with Crippen LogP contribution in [0.3, 0.4) is 0 Å². The van der Waals surface area contributed by atoms with Crippen LogP contribution in [0.15, 0.2) is 0 Å². The molecule has 0 bridgehead atoms. The first-order valence-corrected chi connectivity index (χ1v) is 3.08. The van der Waals surface area contributed by atoms with E-state index in [1.807, 2.05) is 0 Å². The molecule has 0 aromatic heterocycles. The van der Waals surface area contributed by atoms with Crippen LogP contribution in [0, 0.1) is 0 Å². The number of hydrogen-bond donors (Lipinski definition) is 1. The molecular formula is C6H18Cl2N2. The number of rotatable bonds is 3. The number of nitrogens with two attached hydrogens (primary N) is 1. The molecule has 66 valence electrons. The molecule has 1 atom stereocenters. The average molecular weight is 189 g/mol. The van der Waals surface area contributed by atoms with Crippen LogP contribution in [-0.2, 0) is 0 Å². The maximum absolute atomic E-state index is 5.44. The van der Waals surface area contributed by atoms with Crippen molar-refractivity contribution in [2.24, 2.45) is 5.73 Å². The maximum atomic E-state index is 5.44. The Hall–Kier alpha value is 0.500. The van der Waals surface area contributed by atoms with Crippen LogP contribution in [0.5, 0.6) is 0 Å². The predicted octanol–water partition coefficient (Wildman–Crippen LogP) is 1.13. The van der Waals surface area contributed by atoms with Crippen molar-refractivity contribution in [2.45, 2.75) is 19.4 Å². The molecule has 0 fully saturated rings. The highest BCUT2D eigenvalue weighted by molar-refractivity contribution is 5.85. The molecule has 0 aromatic carbocycles. The molecule has 0 aliphatic carbocycles.